The highest BCUT2D eigenvalue weighted by Crippen LogP contribution is 2.33. The molecule has 2 bridgehead atoms. The summed E-state index contributed by atoms with van der Waals surface area (Å²) in [6.07, 6.45) is 5.55. The number of nitrogens with one attached hydrogen (secondary N) is 2. The van der Waals surface area contributed by atoms with Crippen molar-refractivity contribution >= 4 is 54.5 Å². The number of para-hydroxylation sites is 2. The third-order valence-electron chi connectivity index (χ3n) is 6.38. The number of piperazine rings is 1. The summed E-state index contributed by atoms with van der Waals surface area (Å²) in [6.45, 7) is 7.57. The van der Waals surface area contributed by atoms with Crippen LogP contribution in [0.25, 0.3) is 0 Å². The summed E-state index contributed by atoms with van der Waals surface area (Å²) in [7, 11) is 0. The van der Waals surface area contributed by atoms with E-state index in [4.69, 9.17) is 0 Å². The topological polar surface area (TPSA) is 47.6 Å². The Balaban J connectivity index is 0.00000140. The minimum atomic E-state index is 0. The maximum atomic E-state index is 12.7. The van der Waals surface area contributed by atoms with E-state index in [0.29, 0.717) is 24.4 Å². The average Bonchev–Trinajstić information content (AvgIpc) is 3.00. The molecule has 5 nitrogen and oxygen atoms in total. The second-order valence-electron chi connectivity index (χ2n) is 8.17. The molecule has 4 rings (SSSR count). The third-order valence-corrected chi connectivity index (χ3v) is 6.38. The fourth-order valence-electron chi connectivity index (χ4n) is 4.97. The van der Waals surface area contributed by atoms with Crippen LogP contribution in [0.4, 0.5) is 11.4 Å². The Labute approximate surface area is 193 Å². The number of amides is 1. The SMILES string of the molecule is CCN1CCN(c2ccccc2NC(=O)CC2CC3CCC(C2)N3)CC1.Cl.Cl.Cl. The summed E-state index contributed by atoms with van der Waals surface area (Å²) < 4.78 is 0. The van der Waals surface area contributed by atoms with Crippen molar-refractivity contribution in [2.75, 3.05) is 42.9 Å². The van der Waals surface area contributed by atoms with Crippen molar-refractivity contribution in [3.63, 3.8) is 0 Å². The maximum Gasteiger partial charge on any atom is 0.224 e. The molecule has 3 fully saturated rings. The van der Waals surface area contributed by atoms with E-state index in [1.807, 2.05) is 12.1 Å². The molecular weight excluding hydrogens is 431 g/mol. The van der Waals surface area contributed by atoms with Crippen LogP contribution in [0, 0.1) is 5.92 Å². The Morgan fingerprint density at radius 2 is 1.66 bits per heavy atom. The molecule has 1 amide bonds. The fraction of sp³-hybridized carbons (Fsp3) is 0.667. The number of benzene rings is 1. The maximum absolute atomic E-state index is 12.7. The number of carbonyl (C=O) groups excluding carboxylic acids is 1. The van der Waals surface area contributed by atoms with Gasteiger partial charge in [-0.05, 0) is 50.3 Å². The Hall–Kier alpha value is -0.720. The van der Waals surface area contributed by atoms with Crippen LogP contribution in [0.15, 0.2) is 24.3 Å². The first-order chi connectivity index (χ1) is 12.7. The van der Waals surface area contributed by atoms with E-state index in [1.165, 1.54) is 18.5 Å². The second-order valence-corrected chi connectivity index (χ2v) is 8.17. The molecule has 0 aromatic heterocycles. The number of hydrogen-bond acceptors (Lipinski definition) is 4. The molecule has 0 aliphatic carbocycles. The van der Waals surface area contributed by atoms with Gasteiger partial charge >= 0.3 is 0 Å². The standard InChI is InChI=1S/C21H32N4O.3ClH/c1-2-24-9-11-25(12-10-24)20-6-4-3-5-19(20)23-21(26)15-16-13-17-7-8-18(14-16)22-17;;;/h3-6,16-18,22H,2,7-15H2,1H3,(H,23,26);3*1H. The van der Waals surface area contributed by atoms with Gasteiger partial charge in [0.2, 0.25) is 5.91 Å². The van der Waals surface area contributed by atoms with Crippen molar-refractivity contribution in [3.8, 4) is 0 Å². The van der Waals surface area contributed by atoms with Crippen molar-refractivity contribution in [2.24, 2.45) is 5.92 Å². The predicted octanol–water partition coefficient (Wildman–Crippen LogP) is 3.95. The Morgan fingerprint density at radius 3 is 2.28 bits per heavy atom. The monoisotopic (exact) mass is 464 g/mol. The van der Waals surface area contributed by atoms with Crippen molar-refractivity contribution in [2.45, 2.75) is 51.1 Å². The molecule has 29 heavy (non-hydrogen) atoms. The van der Waals surface area contributed by atoms with Gasteiger partial charge in [-0.1, -0.05) is 19.1 Å². The number of nitrogens with zero attached hydrogens (tertiary/aromatic N) is 2. The van der Waals surface area contributed by atoms with Crippen LogP contribution in [0.2, 0.25) is 0 Å². The molecule has 2 unspecified atom stereocenters. The molecule has 3 aliphatic heterocycles. The molecule has 1 aromatic carbocycles. The third kappa shape index (κ3) is 6.63. The summed E-state index contributed by atoms with van der Waals surface area (Å²) in [5, 5.41) is 6.88. The zero-order chi connectivity index (χ0) is 17.9. The predicted molar refractivity (Wildman–Crippen MR) is 128 cm³/mol. The van der Waals surface area contributed by atoms with E-state index in [-0.39, 0.29) is 43.1 Å². The molecule has 3 heterocycles. The summed E-state index contributed by atoms with van der Waals surface area (Å²) in [4.78, 5) is 17.6. The first-order valence-electron chi connectivity index (χ1n) is 10.3. The van der Waals surface area contributed by atoms with Gasteiger partial charge in [0.25, 0.3) is 0 Å². The van der Waals surface area contributed by atoms with E-state index in [9.17, 15) is 4.79 Å². The number of hydrogen-bond donors (Lipinski definition) is 2. The molecule has 2 atom stereocenters. The van der Waals surface area contributed by atoms with Crippen molar-refractivity contribution in [3.05, 3.63) is 24.3 Å². The first kappa shape index (κ1) is 26.3. The van der Waals surface area contributed by atoms with Crippen LogP contribution in [-0.4, -0.2) is 55.6 Å². The zero-order valence-electron chi connectivity index (χ0n) is 17.1. The lowest BCUT2D eigenvalue weighted by Crippen LogP contribution is -2.46. The highest BCUT2D eigenvalue weighted by Gasteiger charge is 2.34. The molecule has 0 spiro atoms. The van der Waals surface area contributed by atoms with Crippen molar-refractivity contribution < 1.29 is 4.79 Å². The Bertz CT molecular complexity index is 628. The molecule has 0 saturated carbocycles. The van der Waals surface area contributed by atoms with Gasteiger partial charge in [-0.2, -0.15) is 0 Å². The van der Waals surface area contributed by atoms with Gasteiger partial charge in [0.15, 0.2) is 0 Å². The number of carbonyl (C=O) groups is 1. The van der Waals surface area contributed by atoms with Gasteiger partial charge in [0.1, 0.15) is 0 Å². The number of fused-ring (bicyclic) bond motifs is 2. The van der Waals surface area contributed by atoms with Gasteiger partial charge < -0.3 is 20.4 Å². The molecule has 3 aliphatic rings. The van der Waals surface area contributed by atoms with Gasteiger partial charge in [-0.15, -0.1) is 37.2 Å². The number of halogens is 3. The van der Waals surface area contributed by atoms with Gasteiger partial charge in [0, 0.05) is 44.7 Å². The molecule has 8 heteroatoms. The number of rotatable bonds is 5. The number of anilines is 2. The zero-order valence-corrected chi connectivity index (χ0v) is 19.6. The first-order valence-corrected chi connectivity index (χ1v) is 10.3. The van der Waals surface area contributed by atoms with Crippen molar-refractivity contribution in [1.82, 2.24) is 10.2 Å². The molecular formula is C21H35Cl3N4O. The van der Waals surface area contributed by atoms with Gasteiger partial charge in [-0.25, -0.2) is 0 Å². The largest absolute Gasteiger partial charge is 0.367 e. The lowest BCUT2D eigenvalue weighted by Gasteiger charge is -2.36. The quantitative estimate of drug-likeness (QED) is 0.691. The minimum Gasteiger partial charge on any atom is -0.367 e. The normalized spacial score (nSPS) is 26.0. The second kappa shape index (κ2) is 12.2. The van der Waals surface area contributed by atoms with Crippen LogP contribution in [0.5, 0.6) is 0 Å². The minimum absolute atomic E-state index is 0. The van der Waals surface area contributed by atoms with E-state index in [0.717, 1.165) is 51.3 Å². The van der Waals surface area contributed by atoms with E-state index in [2.05, 4.69) is 39.5 Å². The summed E-state index contributed by atoms with van der Waals surface area (Å²) in [6, 6.07) is 9.57. The lowest BCUT2D eigenvalue weighted by atomic mass is 9.89. The smallest absolute Gasteiger partial charge is 0.224 e. The van der Waals surface area contributed by atoms with Crippen LogP contribution >= 0.6 is 37.2 Å². The lowest BCUT2D eigenvalue weighted by molar-refractivity contribution is -0.117. The number of likely N-dealkylation sites (N-methyl/N-ethyl adjacent to an activating group) is 1. The average molecular weight is 466 g/mol. The summed E-state index contributed by atoms with van der Waals surface area (Å²) in [5.74, 6) is 0.713. The van der Waals surface area contributed by atoms with Crippen LogP contribution in [0.3, 0.4) is 0 Å². The highest BCUT2D eigenvalue weighted by atomic mass is 35.5. The Kier molecular flexibility index (Phi) is 11.1. The summed E-state index contributed by atoms with van der Waals surface area (Å²) >= 11 is 0. The van der Waals surface area contributed by atoms with E-state index >= 15 is 0 Å². The van der Waals surface area contributed by atoms with Crippen molar-refractivity contribution in [1.29, 1.82) is 0 Å². The Morgan fingerprint density at radius 1 is 1.03 bits per heavy atom. The molecule has 2 N–H and O–H groups in total. The molecule has 3 saturated heterocycles. The molecule has 166 valence electrons. The van der Waals surface area contributed by atoms with Gasteiger partial charge in [0.05, 0.1) is 11.4 Å². The fourth-order valence-corrected chi connectivity index (χ4v) is 4.97. The van der Waals surface area contributed by atoms with Crippen LogP contribution < -0.4 is 15.5 Å². The molecule has 0 radical (unpaired) electrons. The van der Waals surface area contributed by atoms with Gasteiger partial charge in [-0.3, -0.25) is 4.79 Å². The van der Waals surface area contributed by atoms with E-state index < -0.39 is 0 Å². The van der Waals surface area contributed by atoms with Crippen LogP contribution in [-0.2, 0) is 4.79 Å². The highest BCUT2D eigenvalue weighted by molar-refractivity contribution is 5.94. The molecule has 1 aromatic rings. The van der Waals surface area contributed by atoms with E-state index in [1.54, 1.807) is 0 Å². The number of piperidine rings is 1. The summed E-state index contributed by atoms with van der Waals surface area (Å²) in [5.41, 5.74) is 2.14. The van der Waals surface area contributed by atoms with Crippen LogP contribution in [0.1, 0.15) is 39.0 Å².